The van der Waals surface area contributed by atoms with Crippen molar-refractivity contribution in [2.75, 3.05) is 19.0 Å². The molecule has 3 aromatic carbocycles. The van der Waals surface area contributed by atoms with Crippen molar-refractivity contribution in [3.05, 3.63) is 99.6 Å². The van der Waals surface area contributed by atoms with Crippen LogP contribution in [0.1, 0.15) is 27.7 Å². The van der Waals surface area contributed by atoms with E-state index in [0.29, 0.717) is 24.1 Å². The standard InChI is InChI=1S/C23H21N3O4/c1-30-19-11-9-16(10-12-19)13-14-25-22(17-5-4-6-18(15-17)26(28)29)24-21-8-3-2-7-20(21)23(25)27/h2-12,15,22,24H,13-14H2,1H3/t22-/m1/s1. The first-order chi connectivity index (χ1) is 14.6. The SMILES string of the molecule is COc1ccc(CCN2C(=O)c3ccccc3N[C@H]2c2cccc([N+](=O)[O-])c2)cc1. The number of hydrogen-bond acceptors (Lipinski definition) is 5. The number of ether oxygens (including phenoxy) is 1. The van der Waals surface area contributed by atoms with Crippen LogP contribution in [0.25, 0.3) is 0 Å². The number of nitro groups is 1. The Kier molecular flexibility index (Phi) is 5.34. The highest BCUT2D eigenvalue weighted by atomic mass is 16.6. The summed E-state index contributed by atoms with van der Waals surface area (Å²) in [6, 6.07) is 21.4. The first kappa shape index (κ1) is 19.4. The smallest absolute Gasteiger partial charge is 0.269 e. The fourth-order valence-electron chi connectivity index (χ4n) is 3.64. The molecule has 1 aliphatic heterocycles. The Morgan fingerprint density at radius 1 is 1.07 bits per heavy atom. The molecule has 0 saturated carbocycles. The van der Waals surface area contributed by atoms with Crippen molar-refractivity contribution in [2.45, 2.75) is 12.6 Å². The number of carbonyl (C=O) groups excluding carboxylic acids is 1. The van der Waals surface area contributed by atoms with Crippen molar-refractivity contribution in [3.8, 4) is 5.75 Å². The molecule has 152 valence electrons. The van der Waals surface area contributed by atoms with Crippen LogP contribution in [0, 0.1) is 10.1 Å². The van der Waals surface area contributed by atoms with Gasteiger partial charge in [-0.05, 0) is 36.2 Å². The Morgan fingerprint density at radius 3 is 2.57 bits per heavy atom. The molecular weight excluding hydrogens is 382 g/mol. The summed E-state index contributed by atoms with van der Waals surface area (Å²) in [7, 11) is 1.62. The van der Waals surface area contributed by atoms with Crippen LogP contribution in [0.3, 0.4) is 0 Å². The topological polar surface area (TPSA) is 84.7 Å². The fourth-order valence-corrected chi connectivity index (χ4v) is 3.64. The summed E-state index contributed by atoms with van der Waals surface area (Å²) < 4.78 is 5.20. The molecule has 0 aromatic heterocycles. The van der Waals surface area contributed by atoms with Gasteiger partial charge in [0.25, 0.3) is 11.6 Å². The molecule has 7 nitrogen and oxygen atoms in total. The minimum absolute atomic E-state index is 0.00397. The average molecular weight is 403 g/mol. The number of fused-ring (bicyclic) bond motifs is 1. The van der Waals surface area contributed by atoms with Gasteiger partial charge in [0.15, 0.2) is 0 Å². The Bertz CT molecular complexity index is 1080. The summed E-state index contributed by atoms with van der Waals surface area (Å²) in [4.78, 5) is 25.8. The molecule has 1 atom stereocenters. The van der Waals surface area contributed by atoms with Gasteiger partial charge in [-0.15, -0.1) is 0 Å². The van der Waals surface area contributed by atoms with Crippen LogP contribution < -0.4 is 10.1 Å². The van der Waals surface area contributed by atoms with Gasteiger partial charge in [0.2, 0.25) is 0 Å². The maximum Gasteiger partial charge on any atom is 0.269 e. The van der Waals surface area contributed by atoms with Crippen LogP contribution in [-0.2, 0) is 6.42 Å². The third-order valence-corrected chi connectivity index (χ3v) is 5.22. The van der Waals surface area contributed by atoms with Crippen molar-refractivity contribution in [1.82, 2.24) is 4.90 Å². The zero-order valence-corrected chi connectivity index (χ0v) is 16.4. The number of non-ortho nitro benzene ring substituents is 1. The van der Waals surface area contributed by atoms with Crippen molar-refractivity contribution in [3.63, 3.8) is 0 Å². The van der Waals surface area contributed by atoms with Crippen molar-refractivity contribution >= 4 is 17.3 Å². The number of carbonyl (C=O) groups is 1. The molecule has 30 heavy (non-hydrogen) atoms. The largest absolute Gasteiger partial charge is 0.497 e. The van der Waals surface area contributed by atoms with E-state index in [-0.39, 0.29) is 11.6 Å². The highest BCUT2D eigenvalue weighted by molar-refractivity contribution is 6.01. The predicted molar refractivity (Wildman–Crippen MR) is 114 cm³/mol. The summed E-state index contributed by atoms with van der Waals surface area (Å²) >= 11 is 0. The molecule has 3 aromatic rings. The molecule has 1 amide bonds. The lowest BCUT2D eigenvalue weighted by Gasteiger charge is -2.38. The van der Waals surface area contributed by atoms with Gasteiger partial charge in [0.1, 0.15) is 11.9 Å². The number of benzene rings is 3. The molecule has 1 N–H and O–H groups in total. The van der Waals surface area contributed by atoms with Gasteiger partial charge >= 0.3 is 0 Å². The van der Waals surface area contributed by atoms with Gasteiger partial charge < -0.3 is 15.0 Å². The Morgan fingerprint density at radius 2 is 1.83 bits per heavy atom. The normalized spacial score (nSPS) is 15.3. The van der Waals surface area contributed by atoms with Gasteiger partial charge in [0, 0.05) is 29.9 Å². The quantitative estimate of drug-likeness (QED) is 0.487. The molecule has 0 radical (unpaired) electrons. The maximum absolute atomic E-state index is 13.3. The number of anilines is 1. The zero-order valence-electron chi connectivity index (χ0n) is 16.4. The molecule has 0 saturated heterocycles. The molecule has 1 aliphatic rings. The molecular formula is C23H21N3O4. The lowest BCUT2D eigenvalue weighted by Crippen LogP contribution is -2.44. The Balaban J connectivity index is 1.65. The van der Waals surface area contributed by atoms with E-state index in [1.54, 1.807) is 30.2 Å². The van der Waals surface area contributed by atoms with Crippen molar-refractivity contribution in [2.24, 2.45) is 0 Å². The number of rotatable bonds is 6. The van der Waals surface area contributed by atoms with E-state index in [9.17, 15) is 14.9 Å². The summed E-state index contributed by atoms with van der Waals surface area (Å²) in [5, 5.41) is 14.6. The van der Waals surface area contributed by atoms with E-state index < -0.39 is 11.1 Å². The minimum Gasteiger partial charge on any atom is -0.497 e. The highest BCUT2D eigenvalue weighted by Gasteiger charge is 2.33. The molecule has 7 heteroatoms. The van der Waals surface area contributed by atoms with Crippen LogP contribution in [0.5, 0.6) is 5.75 Å². The molecule has 4 rings (SSSR count). The second-order valence-corrected chi connectivity index (χ2v) is 7.04. The average Bonchev–Trinajstić information content (AvgIpc) is 2.79. The molecule has 0 unspecified atom stereocenters. The number of nitrogens with one attached hydrogen (secondary N) is 1. The van der Waals surface area contributed by atoms with Crippen molar-refractivity contribution in [1.29, 1.82) is 0 Å². The third kappa shape index (κ3) is 3.82. The first-order valence-corrected chi connectivity index (χ1v) is 9.60. The van der Waals surface area contributed by atoms with Crippen LogP contribution in [0.15, 0.2) is 72.8 Å². The number of nitro benzene ring substituents is 1. The van der Waals surface area contributed by atoms with Gasteiger partial charge in [-0.2, -0.15) is 0 Å². The van der Waals surface area contributed by atoms with E-state index in [0.717, 1.165) is 17.0 Å². The second kappa shape index (κ2) is 8.24. The van der Waals surface area contributed by atoms with Crippen LogP contribution in [0.4, 0.5) is 11.4 Å². The maximum atomic E-state index is 13.3. The van der Waals surface area contributed by atoms with E-state index in [2.05, 4.69) is 5.32 Å². The van der Waals surface area contributed by atoms with Crippen LogP contribution in [0.2, 0.25) is 0 Å². The molecule has 1 heterocycles. The van der Waals surface area contributed by atoms with Crippen molar-refractivity contribution < 1.29 is 14.5 Å². The monoisotopic (exact) mass is 403 g/mol. The van der Waals surface area contributed by atoms with E-state index >= 15 is 0 Å². The number of nitrogens with zero attached hydrogens (tertiary/aromatic N) is 2. The van der Waals surface area contributed by atoms with E-state index in [1.807, 2.05) is 42.5 Å². The van der Waals surface area contributed by atoms with Gasteiger partial charge in [-0.25, -0.2) is 0 Å². The number of methoxy groups -OCH3 is 1. The predicted octanol–water partition coefficient (Wildman–Crippen LogP) is 4.41. The summed E-state index contributed by atoms with van der Waals surface area (Å²) in [6.45, 7) is 0.458. The van der Waals surface area contributed by atoms with Gasteiger partial charge in [-0.3, -0.25) is 14.9 Å². The number of amides is 1. The van der Waals surface area contributed by atoms with Crippen LogP contribution >= 0.6 is 0 Å². The Hall–Kier alpha value is -3.87. The minimum atomic E-state index is -0.495. The van der Waals surface area contributed by atoms with Crippen LogP contribution in [-0.4, -0.2) is 29.4 Å². The van der Waals surface area contributed by atoms with Gasteiger partial charge in [-0.1, -0.05) is 36.4 Å². The molecule has 0 aliphatic carbocycles. The second-order valence-electron chi connectivity index (χ2n) is 7.04. The highest BCUT2D eigenvalue weighted by Crippen LogP contribution is 2.34. The summed E-state index contributed by atoms with van der Waals surface area (Å²) in [6.07, 6.45) is 0.149. The number of para-hydroxylation sites is 1. The first-order valence-electron chi connectivity index (χ1n) is 9.60. The molecule has 0 bridgehead atoms. The van der Waals surface area contributed by atoms with E-state index in [4.69, 9.17) is 4.74 Å². The third-order valence-electron chi connectivity index (χ3n) is 5.22. The molecule has 0 spiro atoms. The summed E-state index contributed by atoms with van der Waals surface area (Å²) in [5.41, 5.74) is 3.05. The lowest BCUT2D eigenvalue weighted by molar-refractivity contribution is -0.384. The molecule has 0 fully saturated rings. The summed E-state index contributed by atoms with van der Waals surface area (Å²) in [5.74, 6) is 0.673. The number of hydrogen-bond donors (Lipinski definition) is 1. The van der Waals surface area contributed by atoms with E-state index in [1.165, 1.54) is 12.1 Å². The lowest BCUT2D eigenvalue weighted by atomic mass is 10.0. The fraction of sp³-hybridized carbons (Fsp3) is 0.174. The Labute approximate surface area is 174 Å². The zero-order chi connectivity index (χ0) is 21.1. The van der Waals surface area contributed by atoms with Gasteiger partial charge in [0.05, 0.1) is 17.6 Å².